The molecule has 5 aromatic carbocycles. The largest absolute Gasteiger partial charge is 0.297 e. The van der Waals surface area contributed by atoms with E-state index in [-0.39, 0.29) is 17.6 Å². The molecule has 1 aliphatic heterocycles. The van der Waals surface area contributed by atoms with Crippen LogP contribution in [0.15, 0.2) is 146 Å². The van der Waals surface area contributed by atoms with Crippen molar-refractivity contribution in [1.82, 2.24) is 0 Å². The van der Waals surface area contributed by atoms with E-state index in [0.29, 0.717) is 5.69 Å². The van der Waals surface area contributed by atoms with Crippen LogP contribution in [-0.2, 0) is 25.2 Å². The molecule has 8 rings (SSSR count). The molecule has 4 atom stereocenters. The fourth-order valence-electron chi connectivity index (χ4n) is 8.28. The van der Waals surface area contributed by atoms with Gasteiger partial charge >= 0.3 is 0 Å². The number of hydrogen-bond acceptors (Lipinski definition) is 3. The van der Waals surface area contributed by atoms with E-state index < -0.39 is 22.7 Å². The molecule has 1 heterocycles. The molecular weight excluding hydrogens is 542 g/mol. The molecule has 4 nitrogen and oxygen atoms in total. The molecule has 44 heavy (non-hydrogen) atoms. The molecule has 3 aliphatic rings. The minimum Gasteiger partial charge on any atom is -0.297 e. The van der Waals surface area contributed by atoms with Crippen molar-refractivity contribution in [2.75, 3.05) is 4.90 Å². The highest BCUT2D eigenvalue weighted by Crippen LogP contribution is 2.74. The average Bonchev–Trinajstić information content (AvgIpc) is 3.59. The van der Waals surface area contributed by atoms with Gasteiger partial charge in [-0.1, -0.05) is 139 Å². The van der Waals surface area contributed by atoms with Crippen LogP contribution in [0.25, 0.3) is 11.1 Å². The van der Waals surface area contributed by atoms with Crippen molar-refractivity contribution in [1.29, 1.82) is 0 Å². The third-order valence-corrected chi connectivity index (χ3v) is 9.87. The predicted octanol–water partition coefficient (Wildman–Crippen LogP) is 7.18. The van der Waals surface area contributed by atoms with Crippen molar-refractivity contribution in [2.45, 2.75) is 17.8 Å². The maximum Gasteiger partial charge on any atom is 0.239 e. The van der Waals surface area contributed by atoms with Crippen LogP contribution in [0.5, 0.6) is 0 Å². The van der Waals surface area contributed by atoms with Gasteiger partial charge in [0.15, 0.2) is 5.78 Å². The Morgan fingerprint density at radius 3 is 1.23 bits per heavy atom. The Balaban J connectivity index is 1.55. The van der Waals surface area contributed by atoms with Crippen LogP contribution in [0.4, 0.5) is 5.69 Å². The number of carbonyl (C=O) groups excluding carboxylic acids is 3. The maximum atomic E-state index is 15.8. The Hall–Kier alpha value is -5.35. The van der Waals surface area contributed by atoms with E-state index >= 15 is 4.79 Å². The number of Topliss-reactive ketones (excluding diaryl/α,β-unsaturated/α-hetero) is 1. The Morgan fingerprint density at radius 2 is 0.841 bits per heavy atom. The van der Waals surface area contributed by atoms with Crippen LogP contribution in [-0.4, -0.2) is 17.6 Å². The van der Waals surface area contributed by atoms with Crippen molar-refractivity contribution < 1.29 is 14.4 Å². The van der Waals surface area contributed by atoms with Crippen molar-refractivity contribution in [3.63, 3.8) is 0 Å². The van der Waals surface area contributed by atoms with Gasteiger partial charge in [-0.2, -0.15) is 0 Å². The Bertz CT molecular complexity index is 1850. The molecule has 4 heteroatoms. The summed E-state index contributed by atoms with van der Waals surface area (Å²) in [5, 5.41) is 0. The molecule has 0 aromatic heterocycles. The first-order valence-electron chi connectivity index (χ1n) is 15.0. The molecule has 5 aromatic rings. The summed E-state index contributed by atoms with van der Waals surface area (Å²) >= 11 is 0. The summed E-state index contributed by atoms with van der Waals surface area (Å²) in [5.74, 6) is -2.62. The number of nitrogens with zero attached hydrogens (tertiary/aromatic N) is 1. The number of rotatable bonds is 5. The smallest absolute Gasteiger partial charge is 0.239 e. The Morgan fingerprint density at radius 1 is 0.477 bits per heavy atom. The second-order valence-corrected chi connectivity index (χ2v) is 12.0. The van der Waals surface area contributed by atoms with E-state index in [1.807, 2.05) is 153 Å². The number of ketones is 1. The number of benzene rings is 5. The van der Waals surface area contributed by atoms with Gasteiger partial charge in [0.05, 0.1) is 28.4 Å². The van der Waals surface area contributed by atoms with Crippen molar-refractivity contribution in [3.05, 3.63) is 173 Å². The molecule has 2 fully saturated rings. The van der Waals surface area contributed by atoms with E-state index in [1.54, 1.807) is 0 Å². The highest BCUT2D eigenvalue weighted by Gasteiger charge is 2.82. The summed E-state index contributed by atoms with van der Waals surface area (Å²) in [6.45, 7) is 1.97. The Kier molecular flexibility index (Phi) is 5.73. The highest BCUT2D eigenvalue weighted by atomic mass is 16.2. The zero-order chi connectivity index (χ0) is 30.1. The molecule has 1 saturated heterocycles. The van der Waals surface area contributed by atoms with Crippen LogP contribution in [0.1, 0.15) is 27.8 Å². The van der Waals surface area contributed by atoms with E-state index in [1.165, 1.54) is 4.90 Å². The van der Waals surface area contributed by atoms with Crippen molar-refractivity contribution in [2.24, 2.45) is 11.8 Å². The first kappa shape index (κ1) is 26.3. The summed E-state index contributed by atoms with van der Waals surface area (Å²) in [6.07, 6.45) is 0. The predicted molar refractivity (Wildman–Crippen MR) is 172 cm³/mol. The van der Waals surface area contributed by atoms with Gasteiger partial charge in [0.1, 0.15) is 0 Å². The molecule has 0 spiro atoms. The average molecular weight is 572 g/mol. The number of amides is 2. The number of aryl methyl sites for hydroxylation is 1. The number of anilines is 1. The first-order valence-corrected chi connectivity index (χ1v) is 15.0. The van der Waals surface area contributed by atoms with Gasteiger partial charge in [0.2, 0.25) is 11.8 Å². The van der Waals surface area contributed by atoms with E-state index in [0.717, 1.165) is 39.0 Å². The van der Waals surface area contributed by atoms with Crippen LogP contribution in [0.2, 0.25) is 0 Å². The number of imide groups is 1. The molecule has 0 unspecified atom stereocenters. The van der Waals surface area contributed by atoms with Crippen LogP contribution < -0.4 is 4.90 Å². The number of fused-ring (bicyclic) bond motifs is 5. The molecule has 2 bridgehead atoms. The molecule has 2 aliphatic carbocycles. The van der Waals surface area contributed by atoms with E-state index in [4.69, 9.17) is 0 Å². The number of allylic oxidation sites excluding steroid dienone is 2. The van der Waals surface area contributed by atoms with Crippen LogP contribution >= 0.6 is 0 Å². The van der Waals surface area contributed by atoms with E-state index in [2.05, 4.69) is 0 Å². The summed E-state index contributed by atoms with van der Waals surface area (Å²) in [6, 6.07) is 46.6. The summed E-state index contributed by atoms with van der Waals surface area (Å²) in [4.78, 5) is 47.0. The lowest BCUT2D eigenvalue weighted by atomic mass is 9.59. The summed E-state index contributed by atoms with van der Waals surface area (Å²) in [5.41, 5.74) is 3.59. The van der Waals surface area contributed by atoms with Gasteiger partial charge in [0.25, 0.3) is 0 Å². The van der Waals surface area contributed by atoms with Gasteiger partial charge in [0, 0.05) is 0 Å². The number of hydrogen-bond donors (Lipinski definition) is 0. The lowest BCUT2D eigenvalue weighted by molar-refractivity contribution is -0.130. The fraction of sp³-hybridized carbons (Fsp3) is 0.125. The summed E-state index contributed by atoms with van der Waals surface area (Å²) < 4.78 is 0. The normalized spacial score (nSPS) is 25.6. The second-order valence-electron chi connectivity index (χ2n) is 12.0. The quantitative estimate of drug-likeness (QED) is 0.210. The zero-order valence-corrected chi connectivity index (χ0v) is 24.2. The molecule has 0 radical (unpaired) electrons. The zero-order valence-electron chi connectivity index (χ0n) is 24.2. The number of carbonyl (C=O) groups is 3. The minimum atomic E-state index is -1.39. The monoisotopic (exact) mass is 571 g/mol. The third-order valence-electron chi connectivity index (χ3n) is 9.87. The molecule has 0 N–H and O–H groups in total. The molecule has 1 saturated carbocycles. The molecular formula is C40H29NO3. The topological polar surface area (TPSA) is 54.5 Å². The standard InChI is InChI=1S/C40H29NO3/c1-26-22-24-31(25-23-26)41-36(42)34-35(37(41)43)40(30-20-12-5-13-21-30)33(28-16-8-3-9-17-28)32(27-14-6-2-7-15-27)39(34,38(40)44)29-18-10-4-11-19-29/h2-25,34-35H,1H3/t34-,35-,39+,40+/m1/s1. The highest BCUT2D eigenvalue weighted by molar-refractivity contribution is 6.39. The van der Waals surface area contributed by atoms with Crippen LogP contribution in [0, 0.1) is 18.8 Å². The van der Waals surface area contributed by atoms with Gasteiger partial charge in [-0.3, -0.25) is 14.4 Å². The SMILES string of the molecule is Cc1ccc(N2C(=O)[C@H]3[C@H](C2=O)[C@@]2(c4ccccc4)C(=O)[C@@]3(c3ccccc3)C(c3ccccc3)=C2c2ccccc2)cc1. The van der Waals surface area contributed by atoms with Gasteiger partial charge in [-0.25, -0.2) is 4.90 Å². The lowest BCUT2D eigenvalue weighted by Crippen LogP contribution is -2.45. The lowest BCUT2D eigenvalue weighted by Gasteiger charge is -2.39. The second kappa shape index (κ2) is 9.58. The molecule has 212 valence electrons. The van der Waals surface area contributed by atoms with Gasteiger partial charge < -0.3 is 0 Å². The van der Waals surface area contributed by atoms with E-state index in [9.17, 15) is 9.59 Å². The van der Waals surface area contributed by atoms with Gasteiger partial charge in [-0.15, -0.1) is 0 Å². The van der Waals surface area contributed by atoms with Crippen molar-refractivity contribution in [3.8, 4) is 0 Å². The fourth-order valence-corrected chi connectivity index (χ4v) is 8.28. The third kappa shape index (κ3) is 3.20. The van der Waals surface area contributed by atoms with Crippen LogP contribution in [0.3, 0.4) is 0 Å². The minimum absolute atomic E-state index is 0.111. The van der Waals surface area contributed by atoms with Crippen molar-refractivity contribution >= 4 is 34.4 Å². The summed E-state index contributed by atoms with van der Waals surface area (Å²) in [7, 11) is 0. The first-order chi connectivity index (χ1) is 21.5. The van der Waals surface area contributed by atoms with Gasteiger partial charge in [-0.05, 0) is 52.5 Å². The Labute approximate surface area is 256 Å². The maximum absolute atomic E-state index is 15.8. The molecule has 2 amide bonds.